The Morgan fingerprint density at radius 3 is 2.60 bits per heavy atom. The number of halogens is 3. The average molecular weight is 593 g/mol. The van der Waals surface area contributed by atoms with Gasteiger partial charge < -0.3 is 14.2 Å². The summed E-state index contributed by atoms with van der Waals surface area (Å²) in [6.45, 7) is 1.46. The monoisotopic (exact) mass is 592 g/mol. The summed E-state index contributed by atoms with van der Waals surface area (Å²) in [5, 5.41) is 5.08. The number of carbonyl (C=O) groups excluding carboxylic acids is 1. The molecule has 0 spiro atoms. The van der Waals surface area contributed by atoms with Crippen LogP contribution in [0.2, 0.25) is 0 Å². The number of nitroso groups, excluding NO2 is 1. The highest BCUT2D eigenvalue weighted by Gasteiger charge is 2.31. The summed E-state index contributed by atoms with van der Waals surface area (Å²) in [5.74, 6) is -0.614. The SMILES string of the molecule is Cc1cc(OCc2nc(-c3ccc4ccccc4c3)c(C3C=CC=C(OC(F)(F)F)C=C3)s2)ccc1OCC(=O)N=O. The third kappa shape index (κ3) is 7.10. The van der Waals surface area contributed by atoms with E-state index in [0.717, 1.165) is 21.2 Å². The lowest BCUT2D eigenvalue weighted by Crippen LogP contribution is -2.11. The van der Waals surface area contributed by atoms with Gasteiger partial charge in [-0.2, -0.15) is 0 Å². The largest absolute Gasteiger partial charge is 0.573 e. The van der Waals surface area contributed by atoms with Crippen LogP contribution in [-0.2, 0) is 16.1 Å². The molecule has 0 aliphatic heterocycles. The van der Waals surface area contributed by atoms with Crippen LogP contribution in [0.5, 0.6) is 11.5 Å². The number of carbonyl (C=O) groups is 1. The van der Waals surface area contributed by atoms with Crippen LogP contribution in [0.25, 0.3) is 22.0 Å². The van der Waals surface area contributed by atoms with Crippen molar-refractivity contribution in [2.45, 2.75) is 25.8 Å². The molecule has 1 amide bonds. The zero-order chi connectivity index (χ0) is 29.7. The Kier molecular flexibility index (Phi) is 8.48. The molecule has 7 nitrogen and oxygen atoms in total. The Bertz CT molecular complexity index is 1730. The van der Waals surface area contributed by atoms with Gasteiger partial charge in [-0.25, -0.2) is 4.98 Å². The number of aryl methyl sites for hydroxylation is 1. The van der Waals surface area contributed by atoms with Crippen LogP contribution in [0.4, 0.5) is 13.2 Å². The Balaban J connectivity index is 1.41. The molecule has 1 atom stereocenters. The van der Waals surface area contributed by atoms with Crippen LogP contribution < -0.4 is 9.47 Å². The van der Waals surface area contributed by atoms with Gasteiger partial charge in [0.05, 0.1) is 5.69 Å². The fourth-order valence-electron chi connectivity index (χ4n) is 4.36. The van der Waals surface area contributed by atoms with Crippen molar-refractivity contribution in [1.82, 2.24) is 4.98 Å². The molecule has 11 heteroatoms. The number of fused-ring (bicyclic) bond motifs is 1. The second kappa shape index (κ2) is 12.4. The number of benzene rings is 3. The maximum absolute atomic E-state index is 12.8. The van der Waals surface area contributed by atoms with E-state index in [0.29, 0.717) is 27.8 Å². The lowest BCUT2D eigenvalue weighted by Gasteiger charge is -2.10. The minimum atomic E-state index is -4.79. The Morgan fingerprint density at radius 1 is 1.02 bits per heavy atom. The van der Waals surface area contributed by atoms with Crippen molar-refractivity contribution in [2.24, 2.45) is 5.18 Å². The van der Waals surface area contributed by atoms with Gasteiger partial charge in [-0.15, -0.1) is 29.4 Å². The molecule has 4 aromatic rings. The molecule has 1 aliphatic carbocycles. The molecule has 42 heavy (non-hydrogen) atoms. The van der Waals surface area contributed by atoms with Crippen molar-refractivity contribution < 1.29 is 32.2 Å². The first-order chi connectivity index (χ1) is 20.2. The fourth-order valence-corrected chi connectivity index (χ4v) is 5.42. The zero-order valence-corrected chi connectivity index (χ0v) is 22.9. The molecule has 5 rings (SSSR count). The van der Waals surface area contributed by atoms with Crippen molar-refractivity contribution >= 4 is 28.0 Å². The van der Waals surface area contributed by atoms with Crippen LogP contribution >= 0.6 is 11.3 Å². The Labute approximate surface area is 242 Å². The van der Waals surface area contributed by atoms with Gasteiger partial charge in [0, 0.05) is 21.5 Å². The van der Waals surface area contributed by atoms with E-state index in [1.165, 1.54) is 29.6 Å². The number of hydrogen-bond donors (Lipinski definition) is 0. The first kappa shape index (κ1) is 28.7. The molecule has 0 saturated heterocycles. The topological polar surface area (TPSA) is 87.1 Å². The zero-order valence-electron chi connectivity index (χ0n) is 22.1. The standard InChI is InChI=1S/C31H23F3N2O5S/c1-19-15-25(13-14-26(19)40-17-27(37)36-38)39-18-28-35-29(23-10-9-20-5-2-3-6-22(20)16-23)30(42-28)21-7-4-8-24(12-11-21)41-31(32,33)34/h2-16,21H,17-18H2,1H3. The molecule has 3 aromatic carbocycles. The molecule has 1 aliphatic rings. The van der Waals surface area contributed by atoms with Crippen molar-refractivity contribution in [2.75, 3.05) is 6.61 Å². The number of rotatable bonds is 9. The molecular formula is C31H23F3N2O5S. The highest BCUT2D eigenvalue weighted by atomic mass is 32.1. The number of allylic oxidation sites excluding steroid dienone is 5. The summed E-state index contributed by atoms with van der Waals surface area (Å²) in [6.07, 6.45) is 2.77. The minimum Gasteiger partial charge on any atom is -0.486 e. The van der Waals surface area contributed by atoms with Gasteiger partial charge in [-0.1, -0.05) is 54.6 Å². The van der Waals surface area contributed by atoms with Gasteiger partial charge in [-0.05, 0) is 59.7 Å². The van der Waals surface area contributed by atoms with Gasteiger partial charge in [0.1, 0.15) is 28.9 Å². The fraction of sp³-hybridized carbons (Fsp3) is 0.161. The number of hydrogen-bond acceptors (Lipinski definition) is 7. The second-order valence-corrected chi connectivity index (χ2v) is 10.4. The quantitative estimate of drug-likeness (QED) is 0.182. The summed E-state index contributed by atoms with van der Waals surface area (Å²) in [6, 6.07) is 19.0. The minimum absolute atomic E-state index is 0.138. The number of ether oxygens (including phenoxy) is 3. The molecule has 1 aromatic heterocycles. The molecule has 0 N–H and O–H groups in total. The average Bonchev–Trinajstić information content (AvgIpc) is 3.27. The summed E-state index contributed by atoms with van der Waals surface area (Å²) >= 11 is 1.40. The normalized spacial score (nSPS) is 14.8. The van der Waals surface area contributed by atoms with Crippen molar-refractivity contribution in [3.8, 4) is 22.8 Å². The van der Waals surface area contributed by atoms with E-state index in [-0.39, 0.29) is 18.3 Å². The summed E-state index contributed by atoms with van der Waals surface area (Å²) in [7, 11) is 0. The number of thiazole rings is 1. The molecule has 1 heterocycles. The first-order valence-electron chi connectivity index (χ1n) is 12.7. The van der Waals surface area contributed by atoms with E-state index < -0.39 is 18.9 Å². The van der Waals surface area contributed by atoms with Crippen LogP contribution in [0.1, 0.15) is 21.4 Å². The van der Waals surface area contributed by atoms with Gasteiger partial charge in [0.15, 0.2) is 6.61 Å². The molecule has 0 saturated carbocycles. The van der Waals surface area contributed by atoms with Crippen molar-refractivity contribution in [3.63, 3.8) is 0 Å². The van der Waals surface area contributed by atoms with Crippen LogP contribution in [0.3, 0.4) is 0 Å². The summed E-state index contributed by atoms with van der Waals surface area (Å²) in [5.41, 5.74) is 2.27. The molecule has 1 unspecified atom stereocenters. The smallest absolute Gasteiger partial charge is 0.486 e. The van der Waals surface area contributed by atoms with Gasteiger partial charge in [0.25, 0.3) is 0 Å². The number of aromatic nitrogens is 1. The molecular weight excluding hydrogens is 569 g/mol. The van der Waals surface area contributed by atoms with Crippen LogP contribution in [-0.4, -0.2) is 23.9 Å². The van der Waals surface area contributed by atoms with Crippen LogP contribution in [0, 0.1) is 11.8 Å². The third-order valence-corrected chi connectivity index (χ3v) is 7.40. The van der Waals surface area contributed by atoms with E-state index in [1.807, 2.05) is 42.5 Å². The molecule has 0 radical (unpaired) electrons. The van der Waals surface area contributed by atoms with Crippen LogP contribution in [0.15, 0.2) is 102 Å². The van der Waals surface area contributed by atoms with Gasteiger partial charge in [0.2, 0.25) is 0 Å². The van der Waals surface area contributed by atoms with E-state index in [4.69, 9.17) is 14.5 Å². The van der Waals surface area contributed by atoms with Crippen molar-refractivity contribution in [3.05, 3.63) is 117 Å². The number of amides is 1. The Hall–Kier alpha value is -4.77. The van der Waals surface area contributed by atoms with E-state index >= 15 is 0 Å². The lowest BCUT2D eigenvalue weighted by atomic mass is 9.99. The number of alkyl halides is 3. The van der Waals surface area contributed by atoms with E-state index in [2.05, 4.69) is 9.91 Å². The van der Waals surface area contributed by atoms with E-state index in [9.17, 15) is 22.9 Å². The molecule has 0 fully saturated rings. The highest BCUT2D eigenvalue weighted by Crippen LogP contribution is 2.38. The maximum Gasteiger partial charge on any atom is 0.573 e. The predicted octanol–water partition coefficient (Wildman–Crippen LogP) is 8.15. The van der Waals surface area contributed by atoms with Gasteiger partial charge in [-0.3, -0.25) is 4.79 Å². The lowest BCUT2D eigenvalue weighted by molar-refractivity contribution is -0.303. The Morgan fingerprint density at radius 2 is 1.83 bits per heavy atom. The molecule has 214 valence electrons. The van der Waals surface area contributed by atoms with E-state index in [1.54, 1.807) is 37.3 Å². The predicted molar refractivity (Wildman–Crippen MR) is 153 cm³/mol. The summed E-state index contributed by atoms with van der Waals surface area (Å²) in [4.78, 5) is 27.1. The number of nitrogens with zero attached hydrogens (tertiary/aromatic N) is 2. The maximum atomic E-state index is 12.8. The summed E-state index contributed by atoms with van der Waals surface area (Å²) < 4.78 is 53.8. The third-order valence-electron chi connectivity index (χ3n) is 6.27. The van der Waals surface area contributed by atoms with Crippen molar-refractivity contribution in [1.29, 1.82) is 0 Å². The second-order valence-electron chi connectivity index (χ2n) is 9.26. The molecule has 0 bridgehead atoms. The first-order valence-corrected chi connectivity index (χ1v) is 13.5. The highest BCUT2D eigenvalue weighted by molar-refractivity contribution is 7.12. The van der Waals surface area contributed by atoms with Gasteiger partial charge >= 0.3 is 12.3 Å².